The number of piperidine rings is 1. The van der Waals surface area contributed by atoms with Crippen LogP contribution in [0.4, 0.5) is 9.18 Å². The number of carboxylic acid groups (broad SMARTS) is 1. The normalized spacial score (nSPS) is 17.6. The smallest absolute Gasteiger partial charge is 0.547 e. The Morgan fingerprint density at radius 1 is 1.14 bits per heavy atom. The molecule has 0 saturated carbocycles. The fourth-order valence-electron chi connectivity index (χ4n) is 6.01. The Hall–Kier alpha value is -3.62. The summed E-state index contributed by atoms with van der Waals surface area (Å²) in [5.74, 6) is -2.60. The van der Waals surface area contributed by atoms with Gasteiger partial charge in [0.15, 0.2) is 0 Å². The Kier molecular flexibility index (Phi) is 7.98. The predicted octanol–water partition coefficient (Wildman–Crippen LogP) is -0.145. The van der Waals surface area contributed by atoms with Crippen LogP contribution in [0, 0.1) is 5.82 Å². The van der Waals surface area contributed by atoms with E-state index in [-0.39, 0.29) is 54.4 Å². The van der Waals surface area contributed by atoms with Crippen LogP contribution in [0.3, 0.4) is 0 Å². The van der Waals surface area contributed by atoms with Crippen molar-refractivity contribution in [2.45, 2.75) is 77.2 Å². The molecule has 0 spiro atoms. The maximum absolute atomic E-state index is 15.4. The van der Waals surface area contributed by atoms with Crippen molar-refractivity contribution in [3.05, 3.63) is 59.2 Å². The summed E-state index contributed by atoms with van der Waals surface area (Å²) in [5, 5.41) is 16.7. The summed E-state index contributed by atoms with van der Waals surface area (Å²) >= 11 is 0. The largest absolute Gasteiger partial charge is 1.00 e. The summed E-state index contributed by atoms with van der Waals surface area (Å²) in [6.45, 7) is 7.14. The summed E-state index contributed by atoms with van der Waals surface area (Å²) < 4.78 is 24.5. The number of hydrogen-bond donors (Lipinski definition) is 0. The second-order valence-corrected chi connectivity index (χ2v) is 11.9. The first-order valence-corrected chi connectivity index (χ1v) is 13.9. The van der Waals surface area contributed by atoms with Gasteiger partial charge in [-0.2, -0.15) is 5.10 Å². The number of halogens is 1. The Morgan fingerprint density at radius 3 is 2.57 bits per heavy atom. The molecule has 2 amide bonds. The molecule has 216 valence electrons. The van der Waals surface area contributed by atoms with Gasteiger partial charge in [-0.25, -0.2) is 14.2 Å². The van der Waals surface area contributed by atoms with E-state index in [1.807, 2.05) is 36.2 Å². The van der Waals surface area contributed by atoms with E-state index in [9.17, 15) is 19.5 Å². The molecule has 3 aromatic rings. The molecule has 0 N–H and O–H groups in total. The summed E-state index contributed by atoms with van der Waals surface area (Å²) in [6.07, 6.45) is 7.59. The Morgan fingerprint density at radius 2 is 1.88 bits per heavy atom. The number of aryl methyl sites for hydroxylation is 1. The molecule has 2 aromatic heterocycles. The van der Waals surface area contributed by atoms with Gasteiger partial charge in [-0.3, -0.25) is 9.48 Å². The van der Waals surface area contributed by atoms with Gasteiger partial charge in [0.05, 0.1) is 36.8 Å². The minimum atomic E-state index is -1.45. The van der Waals surface area contributed by atoms with Crippen LogP contribution in [0.15, 0.2) is 30.9 Å². The Bertz CT molecular complexity index is 1540. The van der Waals surface area contributed by atoms with Crippen LogP contribution in [0.1, 0.15) is 79.4 Å². The average molecular weight is 571 g/mol. The molecule has 3 aliphatic rings. The molecule has 3 aliphatic heterocycles. The molecule has 5 heterocycles. The number of aromatic nitrogens is 4. The van der Waals surface area contributed by atoms with Crippen molar-refractivity contribution in [3.63, 3.8) is 0 Å². The summed E-state index contributed by atoms with van der Waals surface area (Å²) in [6, 6.07) is 1.60. The number of benzene rings is 1. The summed E-state index contributed by atoms with van der Waals surface area (Å²) in [7, 11) is 0. The standard InChI is InChI=1S/C29H33FN6O5.Li/c1-29(2,3)41-28(40)33-9-6-19(7-10-33)36-14-18(13-32-36)17-11-20-21(22(30)12-17)15-35(26(20)37)25(27(38)39)24-23-5-4-8-34(23)16-31-24;/h11-14,16,19,25H,4-10,15H2,1-3H3,(H,38,39);/q;+1/p-1. The van der Waals surface area contributed by atoms with Crippen molar-refractivity contribution in [3.8, 4) is 11.1 Å². The number of carboxylic acids is 1. The molecule has 42 heavy (non-hydrogen) atoms. The first-order valence-electron chi connectivity index (χ1n) is 13.9. The molecule has 6 rings (SSSR count). The van der Waals surface area contributed by atoms with Crippen LogP contribution in [-0.4, -0.2) is 65.8 Å². The molecule has 1 fully saturated rings. The molecular weight excluding hydrogens is 538 g/mol. The number of nitrogens with zero attached hydrogens (tertiary/aromatic N) is 6. The topological polar surface area (TPSA) is 126 Å². The predicted molar refractivity (Wildman–Crippen MR) is 142 cm³/mol. The summed E-state index contributed by atoms with van der Waals surface area (Å²) in [5.41, 5.74) is 1.89. The van der Waals surface area contributed by atoms with Gasteiger partial charge in [0, 0.05) is 48.2 Å². The van der Waals surface area contributed by atoms with E-state index in [2.05, 4.69) is 10.1 Å². The molecule has 0 bridgehead atoms. The van der Waals surface area contributed by atoms with Gasteiger partial charge >= 0.3 is 25.0 Å². The number of aliphatic carboxylic acids is 1. The van der Waals surface area contributed by atoms with E-state index in [0.717, 1.165) is 23.6 Å². The third kappa shape index (κ3) is 5.45. The van der Waals surface area contributed by atoms with Crippen LogP contribution in [0.5, 0.6) is 0 Å². The number of ether oxygens (including phenoxy) is 1. The van der Waals surface area contributed by atoms with Crippen molar-refractivity contribution < 1.29 is 47.5 Å². The van der Waals surface area contributed by atoms with Crippen molar-refractivity contribution >= 4 is 18.0 Å². The first-order chi connectivity index (χ1) is 19.5. The zero-order valence-corrected chi connectivity index (χ0v) is 24.3. The Balaban J connectivity index is 0.00000353. The number of amides is 2. The van der Waals surface area contributed by atoms with E-state index in [1.54, 1.807) is 23.5 Å². The van der Waals surface area contributed by atoms with E-state index >= 15 is 4.39 Å². The molecule has 1 saturated heterocycles. The van der Waals surface area contributed by atoms with E-state index in [0.29, 0.717) is 43.5 Å². The monoisotopic (exact) mass is 570 g/mol. The molecule has 13 heteroatoms. The molecular formula is C29H32FLiN6O5. The van der Waals surface area contributed by atoms with Crippen LogP contribution in [0.2, 0.25) is 0 Å². The van der Waals surface area contributed by atoms with E-state index in [4.69, 9.17) is 4.74 Å². The number of imidazole rings is 1. The van der Waals surface area contributed by atoms with Crippen molar-refractivity contribution in [2.75, 3.05) is 13.1 Å². The number of carbonyl (C=O) groups excluding carboxylic acids is 3. The SMILES string of the molecule is CC(C)(C)OC(=O)N1CCC(n2cc(-c3cc(F)c4c(c3)C(=O)N(C(C(=O)[O-])c3ncn5c3CCC5)C4)cn2)CC1.[Li+]. The zero-order chi connectivity index (χ0) is 29.1. The zero-order valence-electron chi connectivity index (χ0n) is 24.3. The fraction of sp³-hybridized carbons (Fsp3) is 0.483. The number of carbonyl (C=O) groups is 3. The molecule has 11 nitrogen and oxygen atoms in total. The van der Waals surface area contributed by atoms with Crippen LogP contribution < -0.4 is 24.0 Å². The number of likely N-dealkylation sites (tertiary alicyclic amines) is 1. The van der Waals surface area contributed by atoms with Crippen molar-refractivity contribution in [1.82, 2.24) is 29.1 Å². The van der Waals surface area contributed by atoms with Gasteiger partial charge in [0.25, 0.3) is 5.91 Å². The van der Waals surface area contributed by atoms with Crippen LogP contribution in [0.25, 0.3) is 11.1 Å². The second-order valence-electron chi connectivity index (χ2n) is 11.9. The van der Waals surface area contributed by atoms with Crippen molar-refractivity contribution in [2.24, 2.45) is 0 Å². The molecule has 1 unspecified atom stereocenters. The maximum Gasteiger partial charge on any atom is 1.00 e. The van der Waals surface area contributed by atoms with E-state index < -0.39 is 29.3 Å². The number of rotatable bonds is 5. The minimum Gasteiger partial charge on any atom is -0.547 e. The fourth-order valence-corrected chi connectivity index (χ4v) is 6.01. The van der Waals surface area contributed by atoms with Crippen molar-refractivity contribution in [1.29, 1.82) is 0 Å². The Labute approximate surface area is 254 Å². The molecule has 1 atom stereocenters. The third-order valence-corrected chi connectivity index (χ3v) is 8.03. The second kappa shape index (κ2) is 11.2. The van der Waals surface area contributed by atoms with E-state index in [1.165, 1.54) is 6.07 Å². The molecule has 1 aromatic carbocycles. The van der Waals surface area contributed by atoms with Gasteiger partial charge in [-0.1, -0.05) is 0 Å². The number of hydrogen-bond acceptors (Lipinski definition) is 7. The van der Waals surface area contributed by atoms with Gasteiger partial charge in [-0.05, 0) is 64.2 Å². The summed E-state index contributed by atoms with van der Waals surface area (Å²) in [4.78, 5) is 45.2. The van der Waals surface area contributed by atoms with Gasteiger partial charge in [-0.15, -0.1) is 0 Å². The maximum atomic E-state index is 15.4. The quantitative estimate of drug-likeness (QED) is 0.391. The molecule has 0 aliphatic carbocycles. The van der Waals surface area contributed by atoms with Gasteiger partial charge in [0.2, 0.25) is 0 Å². The molecule has 0 radical (unpaired) electrons. The third-order valence-electron chi connectivity index (χ3n) is 8.03. The van der Waals surface area contributed by atoms with Crippen LogP contribution in [-0.2, 0) is 29.0 Å². The van der Waals surface area contributed by atoms with Gasteiger partial charge in [0.1, 0.15) is 17.5 Å². The van der Waals surface area contributed by atoms with Gasteiger partial charge < -0.3 is 29.0 Å². The minimum absolute atomic E-state index is 0. The number of fused-ring (bicyclic) bond motifs is 2. The first kappa shape index (κ1) is 29.9. The van der Waals surface area contributed by atoms with Crippen LogP contribution >= 0.6 is 0 Å². The average Bonchev–Trinajstić information content (AvgIpc) is 3.70.